The number of aromatic nitrogens is 3. The van der Waals surface area contributed by atoms with Gasteiger partial charge in [-0.2, -0.15) is 0 Å². The summed E-state index contributed by atoms with van der Waals surface area (Å²) >= 11 is 0. The summed E-state index contributed by atoms with van der Waals surface area (Å²) in [6.45, 7) is 1.69. The third-order valence-corrected chi connectivity index (χ3v) is 2.92. The van der Waals surface area contributed by atoms with Crippen molar-refractivity contribution in [2.45, 2.75) is 13.3 Å². The minimum absolute atomic E-state index is 0.117. The molecule has 0 saturated carbocycles. The van der Waals surface area contributed by atoms with E-state index >= 15 is 0 Å². The maximum absolute atomic E-state index is 11.6. The van der Waals surface area contributed by atoms with E-state index in [1.165, 1.54) is 7.11 Å². The quantitative estimate of drug-likeness (QED) is 0.842. The standard InChI is InChI=1S/C14H16N4O3/c1-8-12(14(19)21-3)13(15)18-10(17-8)6-9-4-5-11(20-2)16-7-9/h4-5,7H,6H2,1-3H3,(H2,15,17,18). The summed E-state index contributed by atoms with van der Waals surface area (Å²) in [5, 5.41) is 0. The van der Waals surface area contributed by atoms with Gasteiger partial charge in [0, 0.05) is 18.7 Å². The zero-order chi connectivity index (χ0) is 15.4. The number of nitrogens with two attached hydrogens (primary N) is 1. The number of pyridine rings is 1. The fourth-order valence-electron chi connectivity index (χ4n) is 1.91. The number of carbonyl (C=O) groups is 1. The number of esters is 1. The van der Waals surface area contributed by atoms with Crippen molar-refractivity contribution in [3.05, 3.63) is 41.0 Å². The number of hydrogen-bond donors (Lipinski definition) is 1. The topological polar surface area (TPSA) is 100 Å². The predicted molar refractivity (Wildman–Crippen MR) is 76.1 cm³/mol. The van der Waals surface area contributed by atoms with Crippen molar-refractivity contribution in [2.75, 3.05) is 20.0 Å². The van der Waals surface area contributed by atoms with E-state index in [-0.39, 0.29) is 11.4 Å². The van der Waals surface area contributed by atoms with Crippen LogP contribution in [0.1, 0.15) is 27.4 Å². The van der Waals surface area contributed by atoms with E-state index in [1.54, 1.807) is 26.3 Å². The molecule has 2 N–H and O–H groups in total. The van der Waals surface area contributed by atoms with Gasteiger partial charge in [-0.3, -0.25) is 0 Å². The van der Waals surface area contributed by atoms with Crippen LogP contribution in [0.2, 0.25) is 0 Å². The lowest BCUT2D eigenvalue weighted by Gasteiger charge is -2.09. The molecule has 0 bridgehead atoms. The molecular weight excluding hydrogens is 272 g/mol. The molecule has 2 aromatic heterocycles. The Morgan fingerprint density at radius 3 is 2.57 bits per heavy atom. The minimum Gasteiger partial charge on any atom is -0.481 e. The molecule has 2 heterocycles. The number of nitrogens with zero attached hydrogens (tertiary/aromatic N) is 3. The van der Waals surface area contributed by atoms with Crippen LogP contribution in [0.4, 0.5) is 5.82 Å². The SMILES string of the molecule is COC(=O)c1c(C)nc(Cc2ccc(OC)nc2)nc1N. The van der Waals surface area contributed by atoms with Crippen LogP contribution >= 0.6 is 0 Å². The summed E-state index contributed by atoms with van der Waals surface area (Å²) in [6, 6.07) is 3.63. The van der Waals surface area contributed by atoms with E-state index in [4.69, 9.17) is 10.5 Å². The molecule has 110 valence electrons. The molecule has 7 nitrogen and oxygen atoms in total. The summed E-state index contributed by atoms with van der Waals surface area (Å²) in [7, 11) is 2.85. The van der Waals surface area contributed by atoms with Gasteiger partial charge < -0.3 is 15.2 Å². The normalized spacial score (nSPS) is 10.2. The molecule has 0 aliphatic rings. The zero-order valence-corrected chi connectivity index (χ0v) is 12.1. The number of methoxy groups -OCH3 is 2. The van der Waals surface area contributed by atoms with Gasteiger partial charge in [-0.25, -0.2) is 19.7 Å². The Balaban J connectivity index is 2.26. The lowest BCUT2D eigenvalue weighted by molar-refractivity contribution is 0.0600. The van der Waals surface area contributed by atoms with Gasteiger partial charge in [0.1, 0.15) is 17.2 Å². The van der Waals surface area contributed by atoms with E-state index in [0.717, 1.165) is 5.56 Å². The van der Waals surface area contributed by atoms with Crippen LogP contribution in [0.5, 0.6) is 5.88 Å². The molecule has 0 radical (unpaired) electrons. The lowest BCUT2D eigenvalue weighted by atomic mass is 10.1. The molecule has 0 fully saturated rings. The largest absolute Gasteiger partial charge is 0.481 e. The van der Waals surface area contributed by atoms with E-state index in [0.29, 0.717) is 23.8 Å². The number of anilines is 1. The second kappa shape index (κ2) is 6.17. The van der Waals surface area contributed by atoms with Crippen molar-refractivity contribution in [1.29, 1.82) is 0 Å². The average Bonchev–Trinajstić information content (AvgIpc) is 2.47. The second-order valence-electron chi connectivity index (χ2n) is 4.36. The van der Waals surface area contributed by atoms with Gasteiger partial charge in [0.05, 0.1) is 19.9 Å². The third kappa shape index (κ3) is 3.25. The molecule has 0 aliphatic heterocycles. The molecule has 0 spiro atoms. The molecule has 7 heteroatoms. The van der Waals surface area contributed by atoms with Crippen molar-refractivity contribution < 1.29 is 14.3 Å². The number of nitrogen functional groups attached to an aromatic ring is 1. The number of carbonyl (C=O) groups excluding carboxylic acids is 1. The molecule has 0 atom stereocenters. The monoisotopic (exact) mass is 288 g/mol. The van der Waals surface area contributed by atoms with Crippen molar-refractivity contribution in [2.24, 2.45) is 0 Å². The molecule has 21 heavy (non-hydrogen) atoms. The number of aryl methyl sites for hydroxylation is 1. The van der Waals surface area contributed by atoms with Gasteiger partial charge in [-0.05, 0) is 12.5 Å². The predicted octanol–water partition coefficient (Wildman–Crippen LogP) is 1.15. The van der Waals surface area contributed by atoms with Gasteiger partial charge in [-0.1, -0.05) is 6.07 Å². The number of hydrogen-bond acceptors (Lipinski definition) is 7. The van der Waals surface area contributed by atoms with E-state index in [2.05, 4.69) is 19.7 Å². The van der Waals surface area contributed by atoms with Crippen LogP contribution in [0.25, 0.3) is 0 Å². The Labute approximate surface area is 122 Å². The Morgan fingerprint density at radius 1 is 1.29 bits per heavy atom. The van der Waals surface area contributed by atoms with Gasteiger partial charge in [0.15, 0.2) is 0 Å². The van der Waals surface area contributed by atoms with E-state index < -0.39 is 5.97 Å². The van der Waals surface area contributed by atoms with Gasteiger partial charge in [0.2, 0.25) is 5.88 Å². The number of ether oxygens (including phenoxy) is 2. The summed E-state index contributed by atoms with van der Waals surface area (Å²) in [6.07, 6.45) is 2.14. The summed E-state index contributed by atoms with van der Waals surface area (Å²) in [5.74, 6) is 0.634. The summed E-state index contributed by atoms with van der Waals surface area (Å²) in [5.41, 5.74) is 7.42. The maximum atomic E-state index is 11.6. The minimum atomic E-state index is -0.539. The molecule has 2 rings (SSSR count). The average molecular weight is 288 g/mol. The van der Waals surface area contributed by atoms with Gasteiger partial charge in [-0.15, -0.1) is 0 Å². The molecule has 0 unspecified atom stereocenters. The Morgan fingerprint density at radius 2 is 2.05 bits per heavy atom. The first-order valence-electron chi connectivity index (χ1n) is 6.25. The molecule has 0 aliphatic carbocycles. The molecule has 0 saturated heterocycles. The Kier molecular flexibility index (Phi) is 4.32. The highest BCUT2D eigenvalue weighted by Gasteiger charge is 2.17. The zero-order valence-electron chi connectivity index (χ0n) is 12.1. The Hall–Kier alpha value is -2.70. The van der Waals surface area contributed by atoms with Crippen molar-refractivity contribution in [3.63, 3.8) is 0 Å². The van der Waals surface area contributed by atoms with Crippen molar-refractivity contribution in [3.8, 4) is 5.88 Å². The van der Waals surface area contributed by atoms with Crippen LogP contribution in [0.15, 0.2) is 18.3 Å². The van der Waals surface area contributed by atoms with Crippen LogP contribution in [-0.4, -0.2) is 35.1 Å². The van der Waals surface area contributed by atoms with Crippen LogP contribution in [0, 0.1) is 6.92 Å². The van der Waals surface area contributed by atoms with Crippen LogP contribution < -0.4 is 10.5 Å². The fraction of sp³-hybridized carbons (Fsp3) is 0.286. The van der Waals surface area contributed by atoms with Gasteiger partial charge >= 0.3 is 5.97 Å². The lowest BCUT2D eigenvalue weighted by Crippen LogP contribution is -2.13. The highest BCUT2D eigenvalue weighted by molar-refractivity contribution is 5.95. The fourth-order valence-corrected chi connectivity index (χ4v) is 1.91. The highest BCUT2D eigenvalue weighted by Crippen LogP contribution is 2.16. The first-order valence-corrected chi connectivity index (χ1v) is 6.25. The highest BCUT2D eigenvalue weighted by atomic mass is 16.5. The first-order chi connectivity index (χ1) is 10.0. The Bertz CT molecular complexity index is 633. The van der Waals surface area contributed by atoms with Crippen molar-refractivity contribution >= 4 is 11.8 Å². The van der Waals surface area contributed by atoms with Crippen LogP contribution in [-0.2, 0) is 11.2 Å². The van der Waals surface area contributed by atoms with Crippen LogP contribution in [0.3, 0.4) is 0 Å². The summed E-state index contributed by atoms with van der Waals surface area (Å²) < 4.78 is 9.66. The van der Waals surface area contributed by atoms with Crippen molar-refractivity contribution in [1.82, 2.24) is 15.0 Å². The van der Waals surface area contributed by atoms with E-state index in [9.17, 15) is 4.79 Å². The third-order valence-electron chi connectivity index (χ3n) is 2.92. The van der Waals surface area contributed by atoms with E-state index in [1.807, 2.05) is 6.07 Å². The smallest absolute Gasteiger partial charge is 0.343 e. The maximum Gasteiger partial charge on any atom is 0.343 e. The second-order valence-corrected chi connectivity index (χ2v) is 4.36. The number of rotatable bonds is 4. The molecule has 2 aromatic rings. The summed E-state index contributed by atoms with van der Waals surface area (Å²) in [4.78, 5) is 24.1. The molecule has 0 amide bonds. The first kappa shape index (κ1) is 14.7. The van der Waals surface area contributed by atoms with Gasteiger partial charge in [0.25, 0.3) is 0 Å². The molecule has 0 aromatic carbocycles. The molecular formula is C14H16N4O3.